The van der Waals surface area contributed by atoms with Gasteiger partial charge in [0.1, 0.15) is 5.82 Å². The van der Waals surface area contributed by atoms with Gasteiger partial charge in [-0.1, -0.05) is 6.92 Å². The van der Waals surface area contributed by atoms with Gasteiger partial charge in [0.25, 0.3) is 0 Å². The number of rotatable bonds is 1. The van der Waals surface area contributed by atoms with Gasteiger partial charge in [-0.2, -0.15) is 0 Å². The predicted octanol–water partition coefficient (Wildman–Crippen LogP) is 2.77. The van der Waals surface area contributed by atoms with E-state index in [9.17, 15) is 0 Å². The van der Waals surface area contributed by atoms with Gasteiger partial charge in [0.2, 0.25) is 0 Å². The van der Waals surface area contributed by atoms with Crippen LogP contribution in [0.2, 0.25) is 5.22 Å². The van der Waals surface area contributed by atoms with E-state index in [0.717, 1.165) is 24.6 Å². The number of fused-ring (bicyclic) bond motifs is 1. The van der Waals surface area contributed by atoms with Crippen LogP contribution < -0.4 is 0 Å². The van der Waals surface area contributed by atoms with Crippen LogP contribution in [-0.4, -0.2) is 14.8 Å². The zero-order valence-electron chi connectivity index (χ0n) is 8.98. The van der Waals surface area contributed by atoms with Crippen LogP contribution in [-0.2, 0) is 13.0 Å². The molecule has 84 valence electrons. The summed E-state index contributed by atoms with van der Waals surface area (Å²) >= 11 is 5.77. The number of aromatic nitrogens is 3. The molecule has 16 heavy (non-hydrogen) atoms. The Hall–Kier alpha value is -1.29. The molecule has 1 aliphatic rings. The molecule has 3 rings (SSSR count). The average Bonchev–Trinajstić information content (AvgIpc) is 2.83. The lowest BCUT2D eigenvalue weighted by molar-refractivity contribution is 0.394. The summed E-state index contributed by atoms with van der Waals surface area (Å²) in [6.45, 7) is 3.19. The van der Waals surface area contributed by atoms with Crippen molar-refractivity contribution < 1.29 is 4.42 Å². The van der Waals surface area contributed by atoms with Crippen LogP contribution in [0.1, 0.15) is 19.2 Å². The average molecular weight is 238 g/mol. The lowest BCUT2D eigenvalue weighted by atomic mass is 10.0. The third-order valence-electron chi connectivity index (χ3n) is 2.98. The normalized spacial score (nSPS) is 19.8. The van der Waals surface area contributed by atoms with Crippen molar-refractivity contribution >= 4 is 11.6 Å². The van der Waals surface area contributed by atoms with Gasteiger partial charge < -0.3 is 8.98 Å². The monoisotopic (exact) mass is 237 g/mol. The number of hydrogen-bond donors (Lipinski definition) is 0. The second-order valence-electron chi connectivity index (χ2n) is 4.30. The van der Waals surface area contributed by atoms with Crippen molar-refractivity contribution in [2.45, 2.75) is 26.3 Å². The van der Waals surface area contributed by atoms with Gasteiger partial charge in [-0.15, -0.1) is 10.2 Å². The summed E-state index contributed by atoms with van der Waals surface area (Å²) in [7, 11) is 0. The van der Waals surface area contributed by atoms with Gasteiger partial charge in [-0.3, -0.25) is 0 Å². The van der Waals surface area contributed by atoms with Gasteiger partial charge >= 0.3 is 0 Å². The molecule has 0 aromatic carbocycles. The Morgan fingerprint density at radius 2 is 2.31 bits per heavy atom. The summed E-state index contributed by atoms with van der Waals surface area (Å²) in [6.07, 6.45) is 2.17. The lowest BCUT2D eigenvalue weighted by Gasteiger charge is -2.20. The molecule has 4 nitrogen and oxygen atoms in total. The molecule has 0 spiro atoms. The summed E-state index contributed by atoms with van der Waals surface area (Å²) in [4.78, 5) is 0. The fourth-order valence-corrected chi connectivity index (χ4v) is 2.25. The molecule has 3 heterocycles. The maximum absolute atomic E-state index is 5.77. The third-order valence-corrected chi connectivity index (χ3v) is 3.18. The number of halogens is 1. The highest BCUT2D eigenvalue weighted by atomic mass is 35.5. The molecule has 1 unspecified atom stereocenters. The number of aryl methyl sites for hydroxylation is 1. The molecule has 1 atom stereocenters. The Labute approximate surface area is 98.2 Å². The van der Waals surface area contributed by atoms with Crippen molar-refractivity contribution in [3.8, 4) is 11.6 Å². The smallest absolute Gasteiger partial charge is 0.199 e. The minimum atomic E-state index is 0.385. The third kappa shape index (κ3) is 1.53. The van der Waals surface area contributed by atoms with Crippen LogP contribution in [0.3, 0.4) is 0 Å². The summed E-state index contributed by atoms with van der Waals surface area (Å²) in [5, 5.41) is 8.75. The zero-order chi connectivity index (χ0) is 11.1. The minimum absolute atomic E-state index is 0.385. The number of hydrogen-bond acceptors (Lipinski definition) is 3. The molecule has 2 aromatic rings. The van der Waals surface area contributed by atoms with Gasteiger partial charge in [-0.25, -0.2) is 0 Å². The Kier molecular flexibility index (Phi) is 2.24. The topological polar surface area (TPSA) is 43.9 Å². The first-order valence-electron chi connectivity index (χ1n) is 5.42. The van der Waals surface area contributed by atoms with Crippen LogP contribution in [0.5, 0.6) is 0 Å². The molecular formula is C11H12ClN3O. The Balaban J connectivity index is 2.06. The van der Waals surface area contributed by atoms with Crippen LogP contribution in [0.15, 0.2) is 16.5 Å². The van der Waals surface area contributed by atoms with Crippen LogP contribution in [0.4, 0.5) is 0 Å². The Morgan fingerprint density at radius 1 is 1.44 bits per heavy atom. The van der Waals surface area contributed by atoms with Crippen LogP contribution >= 0.6 is 11.6 Å². The molecule has 0 N–H and O–H groups in total. The van der Waals surface area contributed by atoms with Crippen LogP contribution in [0, 0.1) is 5.92 Å². The molecule has 0 aliphatic carbocycles. The van der Waals surface area contributed by atoms with Gasteiger partial charge in [-0.05, 0) is 36.1 Å². The Morgan fingerprint density at radius 3 is 3.06 bits per heavy atom. The van der Waals surface area contributed by atoms with Crippen molar-refractivity contribution in [3.05, 3.63) is 23.2 Å². The summed E-state index contributed by atoms with van der Waals surface area (Å²) in [5.41, 5.74) is 0. The van der Waals surface area contributed by atoms with E-state index < -0.39 is 0 Å². The highest BCUT2D eigenvalue weighted by Crippen LogP contribution is 2.27. The van der Waals surface area contributed by atoms with E-state index in [-0.39, 0.29) is 0 Å². The largest absolute Gasteiger partial charge is 0.441 e. The second kappa shape index (κ2) is 3.63. The molecule has 0 saturated heterocycles. The standard InChI is InChI=1S/C11H12ClN3O/c1-7-2-5-10-13-14-11(15(10)6-7)8-3-4-9(12)16-8/h3-4,7H,2,5-6H2,1H3. The van der Waals surface area contributed by atoms with Gasteiger partial charge in [0, 0.05) is 13.0 Å². The quantitative estimate of drug-likeness (QED) is 0.766. The molecule has 0 amide bonds. The summed E-state index contributed by atoms with van der Waals surface area (Å²) < 4.78 is 7.50. The van der Waals surface area contributed by atoms with E-state index in [4.69, 9.17) is 16.0 Å². The van der Waals surface area contributed by atoms with Crippen molar-refractivity contribution in [2.24, 2.45) is 5.92 Å². The number of nitrogens with zero attached hydrogens (tertiary/aromatic N) is 3. The van der Waals surface area contributed by atoms with Crippen molar-refractivity contribution in [1.29, 1.82) is 0 Å². The van der Waals surface area contributed by atoms with E-state index in [1.54, 1.807) is 6.07 Å². The first-order chi connectivity index (χ1) is 7.74. The van der Waals surface area contributed by atoms with Gasteiger partial charge in [0.15, 0.2) is 16.8 Å². The molecule has 5 heteroatoms. The van der Waals surface area contributed by atoms with Crippen molar-refractivity contribution in [3.63, 3.8) is 0 Å². The lowest BCUT2D eigenvalue weighted by Crippen LogP contribution is -2.18. The second-order valence-corrected chi connectivity index (χ2v) is 4.67. The van der Waals surface area contributed by atoms with E-state index in [1.165, 1.54) is 6.42 Å². The maximum Gasteiger partial charge on any atom is 0.199 e. The van der Waals surface area contributed by atoms with Gasteiger partial charge in [0.05, 0.1) is 0 Å². The molecule has 0 radical (unpaired) electrons. The SMILES string of the molecule is CC1CCc2nnc(-c3ccc(Cl)o3)n2C1. The predicted molar refractivity (Wildman–Crippen MR) is 60.2 cm³/mol. The minimum Gasteiger partial charge on any atom is -0.441 e. The first-order valence-corrected chi connectivity index (χ1v) is 5.79. The highest BCUT2D eigenvalue weighted by Gasteiger charge is 2.22. The molecule has 1 aliphatic heterocycles. The first kappa shape index (κ1) is 9.90. The van der Waals surface area contributed by atoms with Crippen molar-refractivity contribution in [2.75, 3.05) is 0 Å². The summed E-state index contributed by atoms with van der Waals surface area (Å²) in [5.74, 6) is 3.18. The molecule has 0 saturated carbocycles. The Bertz CT molecular complexity index is 517. The van der Waals surface area contributed by atoms with Crippen LogP contribution in [0.25, 0.3) is 11.6 Å². The fraction of sp³-hybridized carbons (Fsp3) is 0.455. The van der Waals surface area contributed by atoms with E-state index >= 15 is 0 Å². The molecule has 0 bridgehead atoms. The van der Waals surface area contributed by atoms with Crippen molar-refractivity contribution in [1.82, 2.24) is 14.8 Å². The zero-order valence-corrected chi connectivity index (χ0v) is 9.74. The molecule has 2 aromatic heterocycles. The van der Waals surface area contributed by atoms with E-state index in [2.05, 4.69) is 21.7 Å². The molecule has 0 fully saturated rings. The van der Waals surface area contributed by atoms with E-state index in [0.29, 0.717) is 16.9 Å². The molecular weight excluding hydrogens is 226 g/mol. The van der Waals surface area contributed by atoms with E-state index in [1.807, 2.05) is 6.07 Å². The fourth-order valence-electron chi connectivity index (χ4n) is 2.11. The highest BCUT2D eigenvalue weighted by molar-refractivity contribution is 6.28. The maximum atomic E-state index is 5.77. The number of furan rings is 1. The summed E-state index contributed by atoms with van der Waals surface area (Å²) in [6, 6.07) is 3.56.